The molecule has 0 heterocycles. The summed E-state index contributed by atoms with van der Waals surface area (Å²) in [5, 5.41) is 21.2. The van der Waals surface area contributed by atoms with Crippen molar-refractivity contribution in [2.24, 2.45) is 0 Å². The quantitative estimate of drug-likeness (QED) is 0.667. The lowest BCUT2D eigenvalue weighted by molar-refractivity contribution is 0.113. The van der Waals surface area contributed by atoms with Gasteiger partial charge in [-0.1, -0.05) is 30.3 Å². The number of hydrogen-bond donors (Lipinski definition) is 3. The minimum absolute atomic E-state index is 0.164. The molecule has 0 aliphatic heterocycles. The average molecular weight is 241 g/mol. The molecule has 2 unspecified atom stereocenters. The van der Waals surface area contributed by atoms with Crippen molar-refractivity contribution in [1.82, 2.24) is 5.32 Å². The number of benzene rings is 1. The van der Waals surface area contributed by atoms with Gasteiger partial charge in [0.05, 0.1) is 12.7 Å². The molecule has 3 N–H and O–H groups in total. The Hall–Kier alpha value is -0.550. The number of aliphatic hydroxyl groups is 2. The summed E-state index contributed by atoms with van der Waals surface area (Å²) in [6.07, 6.45) is -0.613. The molecule has 0 bridgehead atoms. The summed E-state index contributed by atoms with van der Waals surface area (Å²) in [6.45, 7) is -0.164. The largest absolute Gasteiger partial charge is 0.394 e. The van der Waals surface area contributed by atoms with E-state index in [0.29, 0.717) is 5.75 Å². The Morgan fingerprint density at radius 2 is 1.94 bits per heavy atom. The molecule has 3 nitrogen and oxygen atoms in total. The molecular formula is C12H19NO2S. The molecule has 0 aliphatic carbocycles. The van der Waals surface area contributed by atoms with Crippen LogP contribution in [0.1, 0.15) is 11.6 Å². The van der Waals surface area contributed by atoms with Gasteiger partial charge in [0.2, 0.25) is 0 Å². The fourth-order valence-electron chi connectivity index (χ4n) is 1.41. The molecule has 0 aromatic heterocycles. The maximum atomic E-state index is 9.22. The normalized spacial score (nSPS) is 14.7. The fourth-order valence-corrected chi connectivity index (χ4v) is 2.51. The molecular weight excluding hydrogens is 222 g/mol. The Kier molecular flexibility index (Phi) is 6.49. The average Bonchev–Trinajstić information content (AvgIpc) is 2.35. The second-order valence-corrected chi connectivity index (χ2v) is 4.70. The molecule has 1 aromatic carbocycles. The zero-order valence-electron chi connectivity index (χ0n) is 9.47. The lowest BCUT2D eigenvalue weighted by Crippen LogP contribution is -2.21. The monoisotopic (exact) mass is 241 g/mol. The molecule has 0 saturated carbocycles. The predicted molar refractivity (Wildman–Crippen MR) is 68.7 cm³/mol. The number of nitrogens with one attached hydrogen (secondary N) is 1. The third kappa shape index (κ3) is 4.53. The summed E-state index contributed by atoms with van der Waals surface area (Å²) in [5.41, 5.74) is 1.25. The molecule has 90 valence electrons. The van der Waals surface area contributed by atoms with E-state index in [2.05, 4.69) is 17.4 Å². The Bertz CT molecular complexity index is 282. The molecule has 0 saturated heterocycles. The first kappa shape index (κ1) is 13.5. The zero-order valence-corrected chi connectivity index (χ0v) is 10.3. The topological polar surface area (TPSA) is 52.5 Å². The SMILES string of the molecule is CNC(CSCC(O)CO)c1ccccc1. The van der Waals surface area contributed by atoms with Crippen LogP contribution in [-0.2, 0) is 0 Å². The van der Waals surface area contributed by atoms with E-state index in [1.165, 1.54) is 5.56 Å². The smallest absolute Gasteiger partial charge is 0.0861 e. The minimum Gasteiger partial charge on any atom is -0.394 e. The molecule has 4 heteroatoms. The van der Waals surface area contributed by atoms with Crippen LogP contribution in [0.4, 0.5) is 0 Å². The Morgan fingerprint density at radius 1 is 1.25 bits per heavy atom. The van der Waals surface area contributed by atoms with E-state index in [9.17, 15) is 5.11 Å². The molecule has 0 fully saturated rings. The number of aliphatic hydroxyl groups excluding tert-OH is 2. The maximum absolute atomic E-state index is 9.22. The fraction of sp³-hybridized carbons (Fsp3) is 0.500. The van der Waals surface area contributed by atoms with Gasteiger partial charge in [-0.3, -0.25) is 0 Å². The van der Waals surface area contributed by atoms with Crippen molar-refractivity contribution in [3.63, 3.8) is 0 Å². The molecule has 16 heavy (non-hydrogen) atoms. The molecule has 0 radical (unpaired) electrons. The highest BCUT2D eigenvalue weighted by Crippen LogP contribution is 2.18. The zero-order chi connectivity index (χ0) is 11.8. The Labute approximate surface area is 101 Å². The van der Waals surface area contributed by atoms with Crippen molar-refractivity contribution in [2.75, 3.05) is 25.2 Å². The first-order chi connectivity index (χ1) is 7.77. The van der Waals surface area contributed by atoms with Gasteiger partial charge in [-0.2, -0.15) is 11.8 Å². The van der Waals surface area contributed by atoms with Gasteiger partial charge in [0.15, 0.2) is 0 Å². The van der Waals surface area contributed by atoms with Gasteiger partial charge in [0.25, 0.3) is 0 Å². The molecule has 0 spiro atoms. The van der Waals surface area contributed by atoms with Gasteiger partial charge >= 0.3 is 0 Å². The van der Waals surface area contributed by atoms with E-state index in [-0.39, 0.29) is 12.6 Å². The van der Waals surface area contributed by atoms with E-state index in [4.69, 9.17) is 5.11 Å². The first-order valence-corrected chi connectivity index (χ1v) is 6.52. The van der Waals surface area contributed by atoms with Crippen LogP contribution in [0.5, 0.6) is 0 Å². The summed E-state index contributed by atoms with van der Waals surface area (Å²) in [5.74, 6) is 1.46. The second-order valence-electron chi connectivity index (χ2n) is 3.63. The van der Waals surface area contributed by atoms with Crippen molar-refractivity contribution in [3.8, 4) is 0 Å². The van der Waals surface area contributed by atoms with Gasteiger partial charge < -0.3 is 15.5 Å². The van der Waals surface area contributed by atoms with Crippen LogP contribution < -0.4 is 5.32 Å². The lowest BCUT2D eigenvalue weighted by Gasteiger charge is -2.16. The summed E-state index contributed by atoms with van der Waals surface area (Å²) in [4.78, 5) is 0. The van der Waals surface area contributed by atoms with Crippen LogP contribution in [0.15, 0.2) is 30.3 Å². The molecule has 2 atom stereocenters. The minimum atomic E-state index is -0.613. The lowest BCUT2D eigenvalue weighted by atomic mass is 10.1. The maximum Gasteiger partial charge on any atom is 0.0861 e. The number of thioether (sulfide) groups is 1. The van der Waals surface area contributed by atoms with Crippen molar-refractivity contribution in [3.05, 3.63) is 35.9 Å². The number of hydrogen-bond acceptors (Lipinski definition) is 4. The second kappa shape index (κ2) is 7.68. The first-order valence-electron chi connectivity index (χ1n) is 5.36. The Morgan fingerprint density at radius 3 is 2.50 bits per heavy atom. The van der Waals surface area contributed by atoms with E-state index in [1.807, 2.05) is 25.2 Å². The van der Waals surface area contributed by atoms with Gasteiger partial charge in [-0.25, -0.2) is 0 Å². The number of rotatable bonds is 7. The van der Waals surface area contributed by atoms with Crippen LogP contribution in [0, 0.1) is 0 Å². The van der Waals surface area contributed by atoms with Gasteiger partial charge in [-0.15, -0.1) is 0 Å². The van der Waals surface area contributed by atoms with E-state index in [0.717, 1.165) is 5.75 Å². The summed E-state index contributed by atoms with van der Waals surface area (Å²) < 4.78 is 0. The standard InChI is InChI=1S/C12H19NO2S/c1-13-12(9-16-8-11(15)7-14)10-5-3-2-4-6-10/h2-6,11-15H,7-9H2,1H3. The van der Waals surface area contributed by atoms with Crippen LogP contribution >= 0.6 is 11.8 Å². The summed E-state index contributed by atoms with van der Waals surface area (Å²) >= 11 is 1.64. The van der Waals surface area contributed by atoms with E-state index >= 15 is 0 Å². The van der Waals surface area contributed by atoms with Crippen LogP contribution in [-0.4, -0.2) is 41.5 Å². The van der Waals surface area contributed by atoms with E-state index in [1.54, 1.807) is 11.8 Å². The van der Waals surface area contributed by atoms with E-state index < -0.39 is 6.10 Å². The van der Waals surface area contributed by atoms with Gasteiger partial charge in [0, 0.05) is 17.5 Å². The highest BCUT2D eigenvalue weighted by molar-refractivity contribution is 7.99. The Balaban J connectivity index is 2.38. The molecule has 1 aromatic rings. The van der Waals surface area contributed by atoms with Gasteiger partial charge in [0.1, 0.15) is 0 Å². The van der Waals surface area contributed by atoms with Crippen LogP contribution in [0.3, 0.4) is 0 Å². The van der Waals surface area contributed by atoms with Gasteiger partial charge in [-0.05, 0) is 12.6 Å². The van der Waals surface area contributed by atoms with Crippen LogP contribution in [0.2, 0.25) is 0 Å². The molecule has 1 rings (SSSR count). The third-order valence-electron chi connectivity index (χ3n) is 2.36. The third-order valence-corrected chi connectivity index (χ3v) is 3.55. The summed E-state index contributed by atoms with van der Waals surface area (Å²) in [6, 6.07) is 10.5. The summed E-state index contributed by atoms with van der Waals surface area (Å²) in [7, 11) is 1.93. The van der Waals surface area contributed by atoms with Crippen molar-refractivity contribution < 1.29 is 10.2 Å². The molecule has 0 aliphatic rings. The van der Waals surface area contributed by atoms with Crippen molar-refractivity contribution in [1.29, 1.82) is 0 Å². The van der Waals surface area contributed by atoms with Crippen LogP contribution in [0.25, 0.3) is 0 Å². The predicted octanol–water partition coefficient (Wildman–Crippen LogP) is 1.03. The van der Waals surface area contributed by atoms with Crippen molar-refractivity contribution in [2.45, 2.75) is 12.1 Å². The van der Waals surface area contributed by atoms with Crippen molar-refractivity contribution >= 4 is 11.8 Å². The molecule has 0 amide bonds. The highest BCUT2D eigenvalue weighted by Gasteiger charge is 2.09. The highest BCUT2D eigenvalue weighted by atomic mass is 32.2.